The summed E-state index contributed by atoms with van der Waals surface area (Å²) in [5, 5.41) is 3.70. The van der Waals surface area contributed by atoms with Crippen LogP contribution in [0.5, 0.6) is 0 Å². The van der Waals surface area contributed by atoms with E-state index in [-0.39, 0.29) is 27.0 Å². The molecule has 0 unspecified atom stereocenters. The average molecular weight is 518 g/mol. The second kappa shape index (κ2) is 8.57. The number of aromatic nitrogens is 2. The van der Waals surface area contributed by atoms with E-state index >= 15 is 0 Å². The zero-order chi connectivity index (χ0) is 25.9. The van der Waals surface area contributed by atoms with Crippen LogP contribution in [-0.2, 0) is 19.6 Å². The second-order valence-corrected chi connectivity index (χ2v) is 12.2. The molecular weight excluding hydrogens is 490 g/mol. The topological polar surface area (TPSA) is 99.4 Å². The fraction of sp³-hybridized carbons (Fsp3) is 0.360. The van der Waals surface area contributed by atoms with Gasteiger partial charge in [0.2, 0.25) is 0 Å². The molecule has 1 aromatic carbocycles. The summed E-state index contributed by atoms with van der Waals surface area (Å²) < 4.78 is 34.9. The Hall–Kier alpha value is -3.04. The van der Waals surface area contributed by atoms with Gasteiger partial charge in [-0.25, -0.2) is 17.2 Å². The number of hydrogen-bond donors (Lipinski definition) is 1. The Morgan fingerprint density at radius 3 is 2.31 bits per heavy atom. The van der Waals surface area contributed by atoms with E-state index in [2.05, 4.69) is 5.32 Å². The zero-order valence-electron chi connectivity index (χ0n) is 20.4. The van der Waals surface area contributed by atoms with E-state index < -0.39 is 33.2 Å². The van der Waals surface area contributed by atoms with Gasteiger partial charge in [0.15, 0.2) is 0 Å². The number of rotatable bonds is 5. The molecule has 35 heavy (non-hydrogen) atoms. The summed E-state index contributed by atoms with van der Waals surface area (Å²) in [7, 11) is -4.03. The zero-order valence-corrected chi connectivity index (χ0v) is 22.0. The molecule has 0 aliphatic carbocycles. The molecule has 1 aliphatic rings. The van der Waals surface area contributed by atoms with Crippen molar-refractivity contribution in [2.24, 2.45) is 5.92 Å². The molecule has 10 heteroatoms. The SMILES string of the molecule is Cc1ccc(S(=O)(=O)n2cc3c(=O)n([C@@H](C(=O)OC(C)(C)C)C(C)C)cc4c3c2NC=C4Cl)cc1. The monoisotopic (exact) mass is 517 g/mol. The van der Waals surface area contributed by atoms with Crippen LogP contribution < -0.4 is 10.9 Å². The van der Waals surface area contributed by atoms with Gasteiger partial charge in [-0.15, -0.1) is 0 Å². The van der Waals surface area contributed by atoms with Crippen LogP contribution in [0.4, 0.5) is 5.82 Å². The lowest BCUT2D eigenvalue weighted by molar-refractivity contribution is -0.160. The van der Waals surface area contributed by atoms with E-state index in [1.807, 2.05) is 20.8 Å². The normalized spacial score (nSPS) is 14.6. The molecule has 1 N–H and O–H groups in total. The smallest absolute Gasteiger partial charge is 0.330 e. The highest BCUT2D eigenvalue weighted by molar-refractivity contribution is 7.90. The maximum absolute atomic E-state index is 13.7. The molecule has 8 nitrogen and oxygen atoms in total. The summed E-state index contributed by atoms with van der Waals surface area (Å²) in [5.41, 5.74) is 0.109. The Kier molecular flexibility index (Phi) is 6.13. The van der Waals surface area contributed by atoms with Gasteiger partial charge in [-0.05, 0) is 45.7 Å². The van der Waals surface area contributed by atoms with Gasteiger partial charge < -0.3 is 10.1 Å². The van der Waals surface area contributed by atoms with Crippen molar-refractivity contribution in [3.63, 3.8) is 0 Å². The molecule has 3 aromatic rings. The fourth-order valence-electron chi connectivity index (χ4n) is 4.14. The Morgan fingerprint density at radius 1 is 1.11 bits per heavy atom. The van der Waals surface area contributed by atoms with Crippen molar-refractivity contribution in [3.05, 3.63) is 64.3 Å². The molecule has 0 bridgehead atoms. The molecule has 0 saturated carbocycles. The van der Waals surface area contributed by atoms with Crippen molar-refractivity contribution in [2.45, 2.75) is 58.1 Å². The Morgan fingerprint density at radius 2 is 1.74 bits per heavy atom. The van der Waals surface area contributed by atoms with Crippen LogP contribution >= 0.6 is 11.6 Å². The van der Waals surface area contributed by atoms with Crippen LogP contribution in [0.25, 0.3) is 15.8 Å². The molecule has 1 atom stereocenters. The molecule has 0 saturated heterocycles. The van der Waals surface area contributed by atoms with Crippen LogP contribution in [0.2, 0.25) is 0 Å². The highest BCUT2D eigenvalue weighted by atomic mass is 35.5. The number of ether oxygens (including phenoxy) is 1. The third-order valence-corrected chi connectivity index (χ3v) is 7.71. The highest BCUT2D eigenvalue weighted by Gasteiger charge is 2.34. The molecular formula is C25H28ClN3O5S. The number of aryl methyl sites for hydroxylation is 1. The number of benzene rings is 1. The van der Waals surface area contributed by atoms with Crippen molar-refractivity contribution in [2.75, 3.05) is 5.32 Å². The standard InChI is InChI=1S/C25H28ClN3O5S/c1-14(2)21(24(31)34-25(4,5)6)28-12-17-19(26)11-27-22-20(17)18(23(28)30)13-29(22)35(32,33)16-9-7-15(3)8-10-16/h7-14,21,27H,1-6H3/t21-/m1/s1. The number of hydrogen-bond acceptors (Lipinski definition) is 6. The first-order valence-corrected chi connectivity index (χ1v) is 13.0. The maximum atomic E-state index is 13.7. The summed E-state index contributed by atoms with van der Waals surface area (Å²) in [4.78, 5) is 26.8. The minimum absolute atomic E-state index is 0.0813. The number of anilines is 1. The van der Waals surface area contributed by atoms with Gasteiger partial charge in [0.1, 0.15) is 17.5 Å². The van der Waals surface area contributed by atoms with Gasteiger partial charge in [0.25, 0.3) is 15.6 Å². The third kappa shape index (κ3) is 4.38. The van der Waals surface area contributed by atoms with E-state index in [1.165, 1.54) is 35.3 Å². The van der Waals surface area contributed by atoms with Crippen molar-refractivity contribution in [3.8, 4) is 0 Å². The largest absolute Gasteiger partial charge is 0.458 e. The summed E-state index contributed by atoms with van der Waals surface area (Å²) in [6.45, 7) is 10.8. The van der Waals surface area contributed by atoms with Gasteiger partial charge >= 0.3 is 5.97 Å². The van der Waals surface area contributed by atoms with Crippen molar-refractivity contribution >= 4 is 49.2 Å². The summed E-state index contributed by atoms with van der Waals surface area (Å²) in [5.74, 6) is -0.626. The third-order valence-electron chi connectivity index (χ3n) is 5.73. The van der Waals surface area contributed by atoms with Crippen molar-refractivity contribution in [1.29, 1.82) is 0 Å². The number of nitrogens with one attached hydrogen (secondary N) is 1. The Balaban J connectivity index is 1.98. The van der Waals surface area contributed by atoms with Gasteiger partial charge in [-0.2, -0.15) is 0 Å². The van der Waals surface area contributed by atoms with Crippen LogP contribution in [-0.4, -0.2) is 28.5 Å². The molecule has 0 fully saturated rings. The van der Waals surface area contributed by atoms with E-state index in [0.29, 0.717) is 10.9 Å². The maximum Gasteiger partial charge on any atom is 0.330 e. The molecule has 186 valence electrons. The minimum Gasteiger partial charge on any atom is -0.458 e. The lowest BCUT2D eigenvalue weighted by Crippen LogP contribution is -2.37. The highest BCUT2D eigenvalue weighted by Crippen LogP contribution is 2.39. The van der Waals surface area contributed by atoms with Crippen LogP contribution in [0.3, 0.4) is 0 Å². The Labute approximate surface area is 209 Å². The van der Waals surface area contributed by atoms with Gasteiger partial charge in [-0.3, -0.25) is 9.36 Å². The number of halogens is 1. The van der Waals surface area contributed by atoms with Crippen molar-refractivity contribution in [1.82, 2.24) is 8.54 Å². The summed E-state index contributed by atoms with van der Waals surface area (Å²) >= 11 is 6.48. The molecule has 0 spiro atoms. The number of nitrogens with zero attached hydrogens (tertiary/aromatic N) is 2. The number of carbonyl (C=O) groups excluding carboxylic acids is 1. The first-order valence-electron chi connectivity index (χ1n) is 11.2. The van der Waals surface area contributed by atoms with Gasteiger partial charge in [-0.1, -0.05) is 43.1 Å². The summed E-state index contributed by atoms with van der Waals surface area (Å²) in [6.07, 6.45) is 4.25. The Bertz CT molecular complexity index is 1520. The van der Waals surface area contributed by atoms with Crippen molar-refractivity contribution < 1.29 is 17.9 Å². The van der Waals surface area contributed by atoms with Gasteiger partial charge in [0, 0.05) is 29.5 Å². The predicted octanol–water partition coefficient (Wildman–Crippen LogP) is 4.85. The second-order valence-electron chi connectivity index (χ2n) is 9.99. The predicted molar refractivity (Wildman–Crippen MR) is 137 cm³/mol. The number of esters is 1. The molecule has 4 rings (SSSR count). The van der Waals surface area contributed by atoms with Crippen LogP contribution in [0.15, 0.2) is 52.5 Å². The first kappa shape index (κ1) is 25.1. The lowest BCUT2D eigenvalue weighted by Gasteiger charge is -2.28. The van der Waals surface area contributed by atoms with E-state index in [4.69, 9.17) is 16.3 Å². The lowest BCUT2D eigenvalue weighted by atomic mass is 10.0. The molecule has 0 amide bonds. The fourth-order valence-corrected chi connectivity index (χ4v) is 5.67. The molecule has 0 radical (unpaired) electrons. The van der Waals surface area contributed by atoms with E-state index in [9.17, 15) is 18.0 Å². The summed E-state index contributed by atoms with van der Waals surface area (Å²) in [6, 6.07) is 5.52. The van der Waals surface area contributed by atoms with E-state index in [0.717, 1.165) is 9.54 Å². The van der Waals surface area contributed by atoms with Crippen LogP contribution in [0.1, 0.15) is 51.8 Å². The van der Waals surface area contributed by atoms with Crippen LogP contribution in [0, 0.1) is 12.8 Å². The number of carbonyl (C=O) groups is 1. The molecule has 2 aromatic heterocycles. The number of pyridine rings is 1. The van der Waals surface area contributed by atoms with E-state index in [1.54, 1.807) is 32.9 Å². The molecule has 3 heterocycles. The quantitative estimate of drug-likeness (QED) is 0.486. The first-order chi connectivity index (χ1) is 16.2. The molecule has 1 aliphatic heterocycles. The van der Waals surface area contributed by atoms with Gasteiger partial charge in [0.05, 0.1) is 15.3 Å². The average Bonchev–Trinajstić information content (AvgIpc) is 3.14. The minimum atomic E-state index is -4.03.